The predicted molar refractivity (Wildman–Crippen MR) is 279 cm³/mol. The first-order chi connectivity index (χ1) is 33.4. The Hall–Kier alpha value is -4.60. The fourth-order valence-corrected chi connectivity index (χ4v) is 8.56. The van der Waals surface area contributed by atoms with Crippen LogP contribution in [0.25, 0.3) is 32.3 Å². The minimum Gasteiger partial charge on any atom is -0.490 e. The van der Waals surface area contributed by atoms with Gasteiger partial charge in [0.2, 0.25) is 0 Å². The molecule has 0 fully saturated rings. The van der Waals surface area contributed by atoms with E-state index >= 15 is 0 Å². The van der Waals surface area contributed by atoms with Crippen molar-refractivity contribution < 1.29 is 47.5 Å². The summed E-state index contributed by atoms with van der Waals surface area (Å²) in [5, 5.41) is 6.25. The summed E-state index contributed by atoms with van der Waals surface area (Å²) in [6.45, 7) is 12.4. The molecule has 0 saturated carbocycles. The highest BCUT2D eigenvalue weighted by Crippen LogP contribution is 2.47. The summed E-state index contributed by atoms with van der Waals surface area (Å²) in [6.07, 6.45) is 25.7. The molecule has 0 aromatic heterocycles. The van der Waals surface area contributed by atoms with E-state index in [1.54, 1.807) is 0 Å². The minimum absolute atomic E-state index is 0.171. The number of methoxy groups -OCH3 is 2. The van der Waals surface area contributed by atoms with Gasteiger partial charge >= 0.3 is 11.9 Å². The molecule has 0 saturated heterocycles. The van der Waals surface area contributed by atoms with Crippen LogP contribution in [0.1, 0.15) is 195 Å². The molecule has 4 aromatic carbocycles. The Kier molecular flexibility index (Phi) is 27.8. The topological polar surface area (TPSA) is 108 Å². The zero-order valence-electron chi connectivity index (χ0n) is 43.2. The first-order valence-electron chi connectivity index (χ1n) is 26.8. The Morgan fingerprint density at radius 2 is 0.485 bits per heavy atom. The van der Waals surface area contributed by atoms with Crippen LogP contribution in [0.3, 0.4) is 0 Å². The summed E-state index contributed by atoms with van der Waals surface area (Å²) in [6, 6.07) is 13.0. The van der Waals surface area contributed by atoms with E-state index < -0.39 is 0 Å². The maximum Gasteiger partial charge on any atom is 0.305 e. The highest BCUT2D eigenvalue weighted by Gasteiger charge is 2.21. The number of ether oxygens (including phenoxy) is 8. The molecule has 0 aliphatic carbocycles. The monoisotopic (exact) mass is 945 g/mol. The zero-order chi connectivity index (χ0) is 48.6. The maximum atomic E-state index is 11.7. The first-order valence-corrected chi connectivity index (χ1v) is 26.8. The number of hydrogen-bond donors (Lipinski definition) is 0. The molecule has 10 heteroatoms. The van der Waals surface area contributed by atoms with Crippen LogP contribution in [0.5, 0.6) is 34.5 Å². The third-order valence-corrected chi connectivity index (χ3v) is 12.7. The lowest BCUT2D eigenvalue weighted by Gasteiger charge is -2.21. The van der Waals surface area contributed by atoms with Crippen LogP contribution in [-0.4, -0.2) is 65.8 Å². The van der Waals surface area contributed by atoms with Crippen molar-refractivity contribution in [1.29, 1.82) is 0 Å². The number of benzene rings is 4. The van der Waals surface area contributed by atoms with E-state index in [1.165, 1.54) is 65.6 Å². The molecular weight excluding hydrogens is 857 g/mol. The van der Waals surface area contributed by atoms with Gasteiger partial charge in [-0.3, -0.25) is 9.59 Å². The van der Waals surface area contributed by atoms with E-state index in [4.69, 9.17) is 37.9 Å². The van der Waals surface area contributed by atoms with Crippen LogP contribution in [-0.2, 0) is 19.1 Å². The molecule has 4 aromatic rings. The van der Waals surface area contributed by atoms with Crippen molar-refractivity contribution in [2.24, 2.45) is 0 Å². The summed E-state index contributed by atoms with van der Waals surface area (Å²) in [7, 11) is 2.87. The van der Waals surface area contributed by atoms with Crippen molar-refractivity contribution in [3.63, 3.8) is 0 Å². The van der Waals surface area contributed by atoms with Gasteiger partial charge in [0.15, 0.2) is 34.5 Å². The number of carbonyl (C=O) groups excluding carboxylic acids is 2. The smallest absolute Gasteiger partial charge is 0.305 e. The molecule has 0 aliphatic heterocycles. The maximum absolute atomic E-state index is 11.7. The molecule has 0 aliphatic rings. The lowest BCUT2D eigenvalue weighted by atomic mass is 9.93. The average Bonchev–Trinajstić information content (AvgIpc) is 3.35. The van der Waals surface area contributed by atoms with Gasteiger partial charge < -0.3 is 37.9 Å². The largest absolute Gasteiger partial charge is 0.490 e. The molecule has 0 radical (unpaired) electrons. The Balaban J connectivity index is 1.88. The second-order valence-corrected chi connectivity index (χ2v) is 18.3. The van der Waals surface area contributed by atoms with E-state index in [1.807, 2.05) is 0 Å². The second-order valence-electron chi connectivity index (χ2n) is 18.3. The molecule has 4 rings (SSSR count). The third kappa shape index (κ3) is 19.4. The fourth-order valence-electron chi connectivity index (χ4n) is 8.56. The lowest BCUT2D eigenvalue weighted by Crippen LogP contribution is -2.05. The molecule has 68 heavy (non-hydrogen) atoms. The van der Waals surface area contributed by atoms with Gasteiger partial charge in [-0.05, 0) is 120 Å². The van der Waals surface area contributed by atoms with Crippen molar-refractivity contribution in [2.75, 3.05) is 53.9 Å². The summed E-state index contributed by atoms with van der Waals surface area (Å²) in [5.41, 5.74) is 0. The fraction of sp³-hybridized carbons (Fsp3) is 0.655. The van der Waals surface area contributed by atoms with E-state index in [-0.39, 0.29) is 11.9 Å². The molecule has 0 N–H and O–H groups in total. The normalized spacial score (nSPS) is 11.3. The number of unbranched alkanes of at least 4 members (excludes halogenated alkanes) is 18. The predicted octanol–water partition coefficient (Wildman–Crippen LogP) is 16.0. The summed E-state index contributed by atoms with van der Waals surface area (Å²) in [4.78, 5) is 23.4. The molecular formula is C58H88O10. The molecule has 10 nitrogen and oxygen atoms in total. The highest BCUT2D eigenvalue weighted by molar-refractivity contribution is 6.26. The van der Waals surface area contributed by atoms with Gasteiger partial charge in [-0.15, -0.1) is 0 Å². The Morgan fingerprint density at radius 3 is 0.676 bits per heavy atom. The van der Waals surface area contributed by atoms with Crippen LogP contribution in [0, 0.1) is 0 Å². The van der Waals surface area contributed by atoms with Crippen LogP contribution in [0.15, 0.2) is 36.4 Å². The zero-order valence-corrected chi connectivity index (χ0v) is 43.2. The highest BCUT2D eigenvalue weighted by atomic mass is 16.5. The average molecular weight is 945 g/mol. The van der Waals surface area contributed by atoms with Gasteiger partial charge in [-0.2, -0.15) is 0 Å². The van der Waals surface area contributed by atoms with Gasteiger partial charge in [0.1, 0.15) is 0 Å². The van der Waals surface area contributed by atoms with Crippen molar-refractivity contribution in [3.05, 3.63) is 36.4 Å². The van der Waals surface area contributed by atoms with Crippen LogP contribution >= 0.6 is 0 Å². The quantitative estimate of drug-likeness (QED) is 0.0243. The standard InChI is InChI=1S/C58H88O10/c1-7-11-15-25-33-63-51-39-45-46-40-52(64-34-26-16-12-8-2)54(66-36-28-18-14-10-4)42-48(46)50-44-56(68-38-30-22-20-24-32-58(60)62-6)55(67-37-29-21-19-23-31-57(59)61-5)43-49(50)47(45)41-53(51)65-35-27-17-13-9-3/h39-44H,7-38H2,1-6H3. The number of fused-ring (bicyclic) bond motifs is 6. The lowest BCUT2D eigenvalue weighted by molar-refractivity contribution is -0.141. The van der Waals surface area contributed by atoms with Crippen molar-refractivity contribution in [2.45, 2.75) is 195 Å². The number of esters is 2. The summed E-state index contributed by atoms with van der Waals surface area (Å²) < 4.78 is 49.6. The van der Waals surface area contributed by atoms with Gasteiger partial charge in [0.05, 0.1) is 53.9 Å². The van der Waals surface area contributed by atoms with Gasteiger partial charge in [-0.25, -0.2) is 0 Å². The Morgan fingerprint density at radius 1 is 0.294 bits per heavy atom. The van der Waals surface area contributed by atoms with Crippen LogP contribution in [0.2, 0.25) is 0 Å². The first kappa shape index (κ1) is 56.0. The van der Waals surface area contributed by atoms with Crippen molar-refractivity contribution >= 4 is 44.3 Å². The van der Waals surface area contributed by atoms with Gasteiger partial charge in [0.25, 0.3) is 0 Å². The molecule has 0 spiro atoms. The molecule has 0 atom stereocenters. The number of hydrogen-bond acceptors (Lipinski definition) is 10. The molecule has 0 amide bonds. The second kappa shape index (κ2) is 33.8. The number of rotatable bonds is 40. The van der Waals surface area contributed by atoms with E-state index in [0.29, 0.717) is 64.0 Å². The minimum atomic E-state index is -0.171. The van der Waals surface area contributed by atoms with Gasteiger partial charge in [0, 0.05) is 12.8 Å². The number of carbonyl (C=O) groups is 2. The molecule has 380 valence electrons. The molecule has 0 heterocycles. The van der Waals surface area contributed by atoms with Crippen LogP contribution < -0.4 is 28.4 Å². The van der Waals surface area contributed by atoms with Crippen molar-refractivity contribution in [1.82, 2.24) is 0 Å². The van der Waals surface area contributed by atoms with Crippen molar-refractivity contribution in [3.8, 4) is 34.5 Å². The Bertz CT molecular complexity index is 1900. The van der Waals surface area contributed by atoms with Crippen LogP contribution in [0.4, 0.5) is 0 Å². The SMILES string of the molecule is CCCCCCOc1cc2c3cc(OCCCCCC)c(OCCCCCC)cc3c3cc(OCCCCCCC(=O)OC)c(OCCCCCCC(=O)OC)cc3c2cc1OCCCCCC. The van der Waals surface area contributed by atoms with E-state index in [0.717, 1.165) is 158 Å². The van der Waals surface area contributed by atoms with E-state index in [2.05, 4.69) is 64.1 Å². The molecule has 0 unspecified atom stereocenters. The Labute approximate surface area is 409 Å². The van der Waals surface area contributed by atoms with E-state index in [9.17, 15) is 9.59 Å². The summed E-state index contributed by atoms with van der Waals surface area (Å²) in [5.74, 6) is 4.08. The summed E-state index contributed by atoms with van der Waals surface area (Å²) >= 11 is 0. The third-order valence-electron chi connectivity index (χ3n) is 12.7. The molecule has 0 bridgehead atoms. The van der Waals surface area contributed by atoms with Gasteiger partial charge in [-0.1, -0.05) is 130 Å².